The molecule has 0 rings (SSSR count). The number of halogens is 15. The van der Waals surface area contributed by atoms with Crippen molar-refractivity contribution in [2.24, 2.45) is 0 Å². The van der Waals surface area contributed by atoms with E-state index in [0.717, 1.165) is 0 Å². The quantitative estimate of drug-likeness (QED) is 0.376. The number of rotatable bonds is 6. The summed E-state index contributed by atoms with van der Waals surface area (Å²) >= 11 is 0. The number of alkyl halides is 12. The normalized spacial score (nSPS) is 17.8. The SMILES string of the molecule is FC(F)C(F)(F)C(F)(F)C(F)(F)P(F)(F)(F)C(F)(F)C(F)F. The van der Waals surface area contributed by atoms with Crippen molar-refractivity contribution in [3.63, 3.8) is 0 Å². The van der Waals surface area contributed by atoms with E-state index in [9.17, 15) is 65.3 Å². The Kier molecular flexibility index (Phi) is 4.80. The summed E-state index contributed by atoms with van der Waals surface area (Å²) < 4.78 is 183. The zero-order chi connectivity index (χ0) is 18.6. The Morgan fingerprint density at radius 1 is 0.591 bits per heavy atom. The van der Waals surface area contributed by atoms with Crippen LogP contribution in [0.5, 0.6) is 0 Å². The third-order valence-electron chi connectivity index (χ3n) is 2.28. The van der Waals surface area contributed by atoms with Crippen LogP contribution in [-0.2, 0) is 0 Å². The summed E-state index contributed by atoms with van der Waals surface area (Å²) in [7, 11) is -11.5. The van der Waals surface area contributed by atoms with Gasteiger partial charge in [0.15, 0.2) is 0 Å². The van der Waals surface area contributed by atoms with Gasteiger partial charge in [0, 0.05) is 0 Å². The minimum atomic E-state index is -11.5. The summed E-state index contributed by atoms with van der Waals surface area (Å²) in [4.78, 5) is 0. The second-order valence-electron chi connectivity index (χ2n) is 3.74. The van der Waals surface area contributed by atoms with Crippen LogP contribution in [0.4, 0.5) is 65.3 Å². The molecule has 0 aromatic carbocycles. The van der Waals surface area contributed by atoms with E-state index >= 15 is 0 Å². The van der Waals surface area contributed by atoms with Gasteiger partial charge in [0.1, 0.15) is 0 Å². The van der Waals surface area contributed by atoms with E-state index in [0.29, 0.717) is 0 Å². The van der Waals surface area contributed by atoms with E-state index in [4.69, 9.17) is 0 Å². The average molecular weight is 390 g/mol. The molecular weight excluding hydrogens is 388 g/mol. The summed E-state index contributed by atoms with van der Waals surface area (Å²) in [6.45, 7) is 0. The molecule has 0 spiro atoms. The first-order valence-corrected chi connectivity index (χ1v) is 6.32. The van der Waals surface area contributed by atoms with E-state index in [-0.39, 0.29) is 0 Å². The van der Waals surface area contributed by atoms with Crippen LogP contribution < -0.4 is 0 Å². The van der Waals surface area contributed by atoms with Gasteiger partial charge in [-0.1, -0.05) is 0 Å². The number of hydrogen-bond acceptors (Lipinski definition) is 0. The van der Waals surface area contributed by atoms with Gasteiger partial charge in [0.05, 0.1) is 0 Å². The van der Waals surface area contributed by atoms with Crippen LogP contribution in [0.1, 0.15) is 0 Å². The van der Waals surface area contributed by atoms with Crippen molar-refractivity contribution in [3.05, 3.63) is 0 Å². The molecule has 0 nitrogen and oxygen atoms in total. The van der Waals surface area contributed by atoms with E-state index in [1.54, 1.807) is 0 Å². The molecule has 22 heavy (non-hydrogen) atoms. The van der Waals surface area contributed by atoms with Gasteiger partial charge < -0.3 is 0 Å². The molecule has 0 aromatic heterocycles. The van der Waals surface area contributed by atoms with Crippen molar-refractivity contribution in [1.82, 2.24) is 0 Å². The fraction of sp³-hybridized carbons (Fsp3) is 1.00. The first kappa shape index (κ1) is 21.4. The zero-order valence-electron chi connectivity index (χ0n) is 9.27. The molecule has 0 saturated carbocycles. The van der Waals surface area contributed by atoms with Crippen molar-refractivity contribution in [3.8, 4) is 0 Å². The molecule has 16 heteroatoms. The van der Waals surface area contributed by atoms with Gasteiger partial charge >= 0.3 is 109 Å². The Morgan fingerprint density at radius 3 is 1.14 bits per heavy atom. The number of hydrogen-bond donors (Lipinski definition) is 0. The molecule has 0 atom stereocenters. The van der Waals surface area contributed by atoms with E-state index in [1.165, 1.54) is 0 Å². The molecule has 0 aliphatic carbocycles. The van der Waals surface area contributed by atoms with Crippen molar-refractivity contribution in [2.75, 3.05) is 0 Å². The molecule has 0 amide bonds. The molecule has 0 aliphatic rings. The van der Waals surface area contributed by atoms with Crippen LogP contribution in [0.25, 0.3) is 0 Å². The van der Waals surface area contributed by atoms with Crippen LogP contribution in [0.15, 0.2) is 0 Å². The van der Waals surface area contributed by atoms with Crippen LogP contribution in [0, 0.1) is 0 Å². The van der Waals surface area contributed by atoms with Crippen molar-refractivity contribution in [2.45, 2.75) is 36.0 Å². The molecule has 0 radical (unpaired) electrons. The molecule has 0 N–H and O–H groups in total. The van der Waals surface area contributed by atoms with Gasteiger partial charge in [-0.25, -0.2) is 0 Å². The predicted octanol–water partition coefficient (Wildman–Crippen LogP) is 6.18. The fourth-order valence-electron chi connectivity index (χ4n) is 0.914. The topological polar surface area (TPSA) is 0 Å². The molecule has 0 aromatic rings. The molecule has 0 bridgehead atoms. The predicted molar refractivity (Wildman–Crippen MR) is 42.0 cm³/mol. The van der Waals surface area contributed by atoms with Gasteiger partial charge in [0.25, 0.3) is 0 Å². The summed E-state index contributed by atoms with van der Waals surface area (Å²) in [6.07, 6.45) is -11.8. The first-order valence-electron chi connectivity index (χ1n) is 4.42. The van der Waals surface area contributed by atoms with Crippen LogP contribution in [0.3, 0.4) is 0 Å². The Morgan fingerprint density at radius 2 is 0.909 bits per heavy atom. The van der Waals surface area contributed by atoms with Crippen molar-refractivity contribution < 1.29 is 65.3 Å². The first-order chi connectivity index (χ1) is 9.18. The standard InChI is InChI=1S/C6H2F15P/c7-1(8)3(11,12)5(15,16)6(17,18)22(19,20,21)4(13,14)2(9)10/h1-2H. The van der Waals surface area contributed by atoms with Gasteiger partial charge in [-0.05, 0) is 0 Å². The average Bonchev–Trinajstić information content (AvgIpc) is 2.26. The molecule has 0 saturated heterocycles. The Labute approximate surface area is 110 Å². The third kappa shape index (κ3) is 2.30. The van der Waals surface area contributed by atoms with Crippen LogP contribution in [-0.4, -0.2) is 36.0 Å². The second-order valence-corrected chi connectivity index (χ2v) is 6.52. The fourth-order valence-corrected chi connectivity index (χ4v) is 2.21. The molecule has 136 valence electrons. The van der Waals surface area contributed by atoms with Gasteiger partial charge in [-0.3, -0.25) is 0 Å². The summed E-state index contributed by atoms with van der Waals surface area (Å²) in [5.41, 5.74) is -16.3. The molecule has 0 fully saturated rings. The Balaban J connectivity index is 6.45. The van der Waals surface area contributed by atoms with Crippen LogP contribution >= 0.6 is 7.54 Å². The van der Waals surface area contributed by atoms with E-state index in [2.05, 4.69) is 0 Å². The van der Waals surface area contributed by atoms with Gasteiger partial charge in [0.2, 0.25) is 0 Å². The zero-order valence-corrected chi connectivity index (χ0v) is 10.2. The molecular formula is C6H2F15P. The van der Waals surface area contributed by atoms with Gasteiger partial charge in [-0.2, -0.15) is 0 Å². The maximum atomic E-state index is 12.6. The monoisotopic (exact) mass is 390 g/mol. The van der Waals surface area contributed by atoms with Crippen molar-refractivity contribution >= 4 is 7.54 Å². The maximum absolute atomic E-state index is 12.6. The summed E-state index contributed by atoms with van der Waals surface area (Å²) in [5, 5.41) is 0. The third-order valence-corrected chi connectivity index (χ3v) is 4.65. The Bertz CT molecular complexity index is 415. The van der Waals surface area contributed by atoms with E-state index in [1.807, 2.05) is 0 Å². The minimum absolute atomic E-state index is 5.82. The van der Waals surface area contributed by atoms with Crippen molar-refractivity contribution in [1.29, 1.82) is 0 Å². The molecule has 0 heterocycles. The second kappa shape index (κ2) is 4.94. The summed E-state index contributed by atoms with van der Waals surface area (Å²) in [6, 6.07) is 0. The van der Waals surface area contributed by atoms with Gasteiger partial charge in [-0.15, -0.1) is 0 Å². The molecule has 0 unspecified atom stereocenters. The summed E-state index contributed by atoms with van der Waals surface area (Å²) in [5.74, 6) is -15.5. The Hall–Kier alpha value is -0.620. The molecule has 0 aliphatic heterocycles. The van der Waals surface area contributed by atoms with Crippen LogP contribution in [0.2, 0.25) is 0 Å². The van der Waals surface area contributed by atoms with E-state index < -0.39 is 43.6 Å².